The van der Waals surface area contributed by atoms with E-state index in [1.165, 1.54) is 0 Å². The predicted molar refractivity (Wildman–Crippen MR) is 84.3 cm³/mol. The summed E-state index contributed by atoms with van der Waals surface area (Å²) in [4.78, 5) is 7.99. The first kappa shape index (κ1) is 16.3. The molecule has 116 valence electrons. The summed E-state index contributed by atoms with van der Waals surface area (Å²) in [6, 6.07) is 15.7. The summed E-state index contributed by atoms with van der Waals surface area (Å²) in [7, 11) is 6.45. The van der Waals surface area contributed by atoms with Crippen molar-refractivity contribution in [3.8, 4) is 11.5 Å². The van der Waals surface area contributed by atoms with Gasteiger partial charge in [-0.1, -0.05) is 18.2 Å². The van der Waals surface area contributed by atoms with E-state index in [0.717, 1.165) is 39.4 Å². The Balaban J connectivity index is 0.00000176. The van der Waals surface area contributed by atoms with Gasteiger partial charge in [0.2, 0.25) is 0 Å². The zero-order chi connectivity index (χ0) is 14.9. The lowest BCUT2D eigenvalue weighted by Gasteiger charge is -2.22. The van der Waals surface area contributed by atoms with Crippen LogP contribution < -0.4 is 17.1 Å². The molecule has 0 saturated carbocycles. The standard InChI is InChI=1S/C17H20N3O.ClH/c1-20(2,3)12-17-18-15-10-9-14(11-16(15)19-17)21-13-7-5-4-6-8-13;/h4-11H,12H2,1-3H3,(H,18,19);1H/q+1;/p-1. The second kappa shape index (κ2) is 6.38. The molecule has 0 fully saturated rings. The number of aromatic nitrogens is 2. The van der Waals surface area contributed by atoms with Gasteiger partial charge in [0, 0.05) is 6.07 Å². The molecule has 0 aliphatic rings. The zero-order valence-corrected chi connectivity index (χ0v) is 13.8. The van der Waals surface area contributed by atoms with Gasteiger partial charge in [-0.05, 0) is 24.3 Å². The van der Waals surface area contributed by atoms with Gasteiger partial charge in [-0.25, -0.2) is 4.98 Å². The number of nitrogens with zero attached hydrogens (tertiary/aromatic N) is 2. The molecule has 0 aliphatic carbocycles. The average molecular weight is 318 g/mol. The molecule has 4 nitrogen and oxygen atoms in total. The van der Waals surface area contributed by atoms with Crippen LogP contribution in [0.2, 0.25) is 0 Å². The Morgan fingerprint density at radius 2 is 1.73 bits per heavy atom. The van der Waals surface area contributed by atoms with Crippen molar-refractivity contribution in [1.29, 1.82) is 0 Å². The van der Waals surface area contributed by atoms with E-state index in [4.69, 9.17) is 4.74 Å². The summed E-state index contributed by atoms with van der Waals surface area (Å²) in [5.41, 5.74) is 1.98. The van der Waals surface area contributed by atoms with Crippen LogP contribution in [0.4, 0.5) is 0 Å². The molecule has 0 unspecified atom stereocenters. The molecule has 0 aliphatic heterocycles. The Labute approximate surface area is 136 Å². The lowest BCUT2D eigenvalue weighted by Crippen LogP contribution is -3.00. The molecule has 2 aromatic carbocycles. The van der Waals surface area contributed by atoms with Gasteiger partial charge in [-0.2, -0.15) is 0 Å². The lowest BCUT2D eigenvalue weighted by atomic mass is 10.3. The van der Waals surface area contributed by atoms with Gasteiger partial charge < -0.3 is 26.6 Å². The number of benzene rings is 2. The Hall–Kier alpha value is -2.04. The van der Waals surface area contributed by atoms with Crippen molar-refractivity contribution in [2.24, 2.45) is 0 Å². The Morgan fingerprint density at radius 1 is 1.00 bits per heavy atom. The fourth-order valence-corrected chi connectivity index (χ4v) is 2.25. The summed E-state index contributed by atoms with van der Waals surface area (Å²) >= 11 is 0. The van der Waals surface area contributed by atoms with E-state index in [0.29, 0.717) is 0 Å². The first-order valence-corrected chi connectivity index (χ1v) is 7.02. The molecule has 3 aromatic rings. The number of para-hydroxylation sites is 1. The van der Waals surface area contributed by atoms with Crippen molar-refractivity contribution in [3.63, 3.8) is 0 Å². The zero-order valence-electron chi connectivity index (χ0n) is 13.0. The van der Waals surface area contributed by atoms with Crippen molar-refractivity contribution in [1.82, 2.24) is 9.97 Å². The third-order valence-electron chi connectivity index (χ3n) is 3.11. The number of aromatic amines is 1. The smallest absolute Gasteiger partial charge is 0.162 e. The van der Waals surface area contributed by atoms with E-state index >= 15 is 0 Å². The lowest BCUT2D eigenvalue weighted by molar-refractivity contribution is -0.884. The number of hydrogen-bond donors (Lipinski definition) is 1. The second-order valence-corrected chi connectivity index (χ2v) is 6.23. The van der Waals surface area contributed by atoms with E-state index in [9.17, 15) is 0 Å². The summed E-state index contributed by atoms with van der Waals surface area (Å²) in [6.07, 6.45) is 0. The molecule has 1 heterocycles. The van der Waals surface area contributed by atoms with E-state index < -0.39 is 0 Å². The fourth-order valence-electron chi connectivity index (χ4n) is 2.25. The van der Waals surface area contributed by atoms with Crippen LogP contribution in [0.1, 0.15) is 5.82 Å². The minimum Gasteiger partial charge on any atom is -1.00 e. The molecule has 1 N–H and O–H groups in total. The number of nitrogens with one attached hydrogen (secondary N) is 1. The summed E-state index contributed by atoms with van der Waals surface area (Å²) < 4.78 is 6.69. The molecule has 0 saturated heterocycles. The van der Waals surface area contributed by atoms with Crippen LogP contribution in [-0.2, 0) is 6.54 Å². The van der Waals surface area contributed by atoms with Crippen LogP contribution in [0.25, 0.3) is 11.0 Å². The maximum absolute atomic E-state index is 5.84. The topological polar surface area (TPSA) is 37.9 Å². The van der Waals surface area contributed by atoms with Crippen LogP contribution in [0.15, 0.2) is 48.5 Å². The number of H-pyrrole nitrogens is 1. The Morgan fingerprint density at radius 3 is 2.41 bits per heavy atom. The maximum atomic E-state index is 5.84. The highest BCUT2D eigenvalue weighted by molar-refractivity contribution is 5.76. The number of imidazole rings is 1. The van der Waals surface area contributed by atoms with Gasteiger partial charge in [-0.15, -0.1) is 0 Å². The fraction of sp³-hybridized carbons (Fsp3) is 0.235. The van der Waals surface area contributed by atoms with Crippen LogP contribution in [0.3, 0.4) is 0 Å². The number of hydrogen-bond acceptors (Lipinski definition) is 2. The highest BCUT2D eigenvalue weighted by Crippen LogP contribution is 2.24. The third kappa shape index (κ3) is 4.00. The first-order valence-electron chi connectivity index (χ1n) is 7.02. The van der Waals surface area contributed by atoms with Crippen LogP contribution in [0, 0.1) is 0 Å². The van der Waals surface area contributed by atoms with Gasteiger partial charge in [0.15, 0.2) is 5.82 Å². The molecule has 0 bridgehead atoms. The number of quaternary nitrogens is 1. The van der Waals surface area contributed by atoms with Gasteiger partial charge in [-0.3, -0.25) is 0 Å². The number of rotatable bonds is 4. The van der Waals surface area contributed by atoms with Crippen molar-refractivity contribution in [2.45, 2.75) is 6.54 Å². The SMILES string of the molecule is C[N+](C)(C)Cc1nc2ccc(Oc3ccccc3)cc2[nH]1.[Cl-]. The van der Waals surface area contributed by atoms with Gasteiger partial charge >= 0.3 is 0 Å². The highest BCUT2D eigenvalue weighted by atomic mass is 35.5. The predicted octanol–water partition coefficient (Wildman–Crippen LogP) is 0.565. The van der Waals surface area contributed by atoms with Gasteiger partial charge in [0.1, 0.15) is 18.0 Å². The molecule has 3 rings (SSSR count). The highest BCUT2D eigenvalue weighted by Gasteiger charge is 2.12. The van der Waals surface area contributed by atoms with E-state index in [1.807, 2.05) is 48.5 Å². The average Bonchev–Trinajstić information content (AvgIpc) is 2.79. The molecule has 0 atom stereocenters. The summed E-state index contributed by atoms with van der Waals surface area (Å²) in [6.45, 7) is 0.865. The Bertz CT molecular complexity index is 747. The van der Waals surface area contributed by atoms with Gasteiger partial charge in [0.25, 0.3) is 0 Å². The minimum atomic E-state index is 0. The molecule has 0 amide bonds. The molecule has 1 aromatic heterocycles. The number of ether oxygens (including phenoxy) is 1. The molecule has 22 heavy (non-hydrogen) atoms. The van der Waals surface area contributed by atoms with E-state index in [-0.39, 0.29) is 12.4 Å². The van der Waals surface area contributed by atoms with E-state index in [1.54, 1.807) is 0 Å². The monoisotopic (exact) mass is 317 g/mol. The Kier molecular flexibility index (Phi) is 4.74. The third-order valence-corrected chi connectivity index (χ3v) is 3.11. The maximum Gasteiger partial charge on any atom is 0.162 e. The largest absolute Gasteiger partial charge is 1.00 e. The number of fused-ring (bicyclic) bond motifs is 1. The minimum absolute atomic E-state index is 0. The first-order chi connectivity index (χ1) is 9.99. The van der Waals surface area contributed by atoms with Crippen molar-refractivity contribution in [3.05, 3.63) is 54.4 Å². The quantitative estimate of drug-likeness (QED) is 0.714. The molecule has 0 radical (unpaired) electrons. The van der Waals surface area contributed by atoms with Crippen molar-refractivity contribution >= 4 is 11.0 Å². The van der Waals surface area contributed by atoms with Crippen LogP contribution in [0.5, 0.6) is 11.5 Å². The number of halogens is 1. The molecular formula is C17H20ClN3O. The van der Waals surface area contributed by atoms with E-state index in [2.05, 4.69) is 31.1 Å². The van der Waals surface area contributed by atoms with Crippen LogP contribution in [-0.4, -0.2) is 35.6 Å². The summed E-state index contributed by atoms with van der Waals surface area (Å²) in [5, 5.41) is 0. The summed E-state index contributed by atoms with van der Waals surface area (Å²) in [5.74, 6) is 2.64. The normalized spacial score (nSPS) is 11.2. The van der Waals surface area contributed by atoms with Crippen LogP contribution >= 0.6 is 0 Å². The molecule has 5 heteroatoms. The van der Waals surface area contributed by atoms with Crippen molar-refractivity contribution in [2.75, 3.05) is 21.1 Å². The molecule has 0 spiro atoms. The molecular weight excluding hydrogens is 298 g/mol. The van der Waals surface area contributed by atoms with Gasteiger partial charge in [0.05, 0.1) is 32.2 Å². The van der Waals surface area contributed by atoms with Crippen molar-refractivity contribution < 1.29 is 21.6 Å². The second-order valence-electron chi connectivity index (χ2n) is 6.23.